The predicted octanol–water partition coefficient (Wildman–Crippen LogP) is 2.66. The van der Waals surface area contributed by atoms with Crippen LogP contribution in [-0.2, 0) is 7.05 Å². The van der Waals surface area contributed by atoms with Crippen molar-refractivity contribution < 1.29 is 4.79 Å². The second-order valence-corrected chi connectivity index (χ2v) is 3.73. The molecule has 16 heavy (non-hydrogen) atoms. The Morgan fingerprint density at radius 1 is 1.44 bits per heavy atom. The quantitative estimate of drug-likeness (QED) is 0.734. The molecule has 0 saturated heterocycles. The number of aryl methyl sites for hydroxylation is 1. The highest BCUT2D eigenvalue weighted by Gasteiger charge is 2.12. The molecule has 0 spiro atoms. The molecule has 0 atom stereocenters. The summed E-state index contributed by atoms with van der Waals surface area (Å²) >= 11 is 0. The molecule has 0 bridgehead atoms. The topological polar surface area (TPSA) is 45.8 Å². The Hall–Kier alpha value is -2.08. The first-order valence-corrected chi connectivity index (χ1v) is 5.18. The molecule has 2 rings (SSSR count). The standard InChI is InChI=1S/C13H12N2O/c1-15-11-6-3-2-5-10(11)9-12(15)13(16)7-4-8-14/h2-3,5-6,9H,4,7H2,1H3. The minimum absolute atomic E-state index is 0.0280. The normalized spacial score (nSPS) is 10.2. The van der Waals surface area contributed by atoms with Crippen molar-refractivity contribution in [2.75, 3.05) is 0 Å². The van der Waals surface area contributed by atoms with Crippen LogP contribution in [-0.4, -0.2) is 10.4 Å². The summed E-state index contributed by atoms with van der Waals surface area (Å²) in [6, 6.07) is 11.7. The van der Waals surface area contributed by atoms with Gasteiger partial charge in [0, 0.05) is 30.8 Å². The van der Waals surface area contributed by atoms with Crippen LogP contribution in [0.1, 0.15) is 23.3 Å². The van der Waals surface area contributed by atoms with Crippen molar-refractivity contribution in [3.8, 4) is 6.07 Å². The first kappa shape index (κ1) is 10.4. The molecule has 1 aromatic carbocycles. The number of hydrogen-bond donors (Lipinski definition) is 0. The first-order chi connectivity index (χ1) is 7.74. The minimum atomic E-state index is 0.0280. The van der Waals surface area contributed by atoms with E-state index in [4.69, 9.17) is 5.26 Å². The summed E-state index contributed by atoms with van der Waals surface area (Å²) < 4.78 is 1.88. The number of fused-ring (bicyclic) bond motifs is 1. The number of Topliss-reactive ketones (excluding diaryl/α,β-unsaturated/α-hetero) is 1. The van der Waals surface area contributed by atoms with Crippen LogP contribution in [0.2, 0.25) is 0 Å². The van der Waals surface area contributed by atoms with Crippen molar-refractivity contribution in [2.45, 2.75) is 12.8 Å². The van der Waals surface area contributed by atoms with E-state index in [2.05, 4.69) is 0 Å². The molecule has 0 amide bonds. The van der Waals surface area contributed by atoms with E-state index in [9.17, 15) is 4.79 Å². The van der Waals surface area contributed by atoms with Crippen LogP contribution in [0.5, 0.6) is 0 Å². The largest absolute Gasteiger partial charge is 0.341 e. The fourth-order valence-corrected chi connectivity index (χ4v) is 1.85. The maximum absolute atomic E-state index is 11.8. The molecule has 80 valence electrons. The Balaban J connectivity index is 2.42. The van der Waals surface area contributed by atoms with Gasteiger partial charge in [-0.15, -0.1) is 0 Å². The van der Waals surface area contributed by atoms with E-state index in [0.29, 0.717) is 12.1 Å². The van der Waals surface area contributed by atoms with E-state index < -0.39 is 0 Å². The summed E-state index contributed by atoms with van der Waals surface area (Å²) in [5.74, 6) is 0.0280. The molecule has 1 aromatic heterocycles. The van der Waals surface area contributed by atoms with E-state index >= 15 is 0 Å². The SMILES string of the molecule is Cn1c(C(=O)CCC#N)cc2ccccc21. The van der Waals surface area contributed by atoms with Gasteiger partial charge >= 0.3 is 0 Å². The van der Waals surface area contributed by atoms with Gasteiger partial charge in [0.2, 0.25) is 0 Å². The second kappa shape index (κ2) is 4.19. The van der Waals surface area contributed by atoms with Crippen molar-refractivity contribution in [1.82, 2.24) is 4.57 Å². The van der Waals surface area contributed by atoms with Gasteiger partial charge in [0.05, 0.1) is 11.8 Å². The minimum Gasteiger partial charge on any atom is -0.341 e. The van der Waals surface area contributed by atoms with Gasteiger partial charge in [-0.25, -0.2) is 0 Å². The molecule has 1 heterocycles. The lowest BCUT2D eigenvalue weighted by Crippen LogP contribution is -2.04. The van der Waals surface area contributed by atoms with Crippen LogP contribution in [0.4, 0.5) is 0 Å². The fraction of sp³-hybridized carbons (Fsp3) is 0.231. The number of benzene rings is 1. The van der Waals surface area contributed by atoms with Crippen LogP contribution in [0, 0.1) is 11.3 Å². The van der Waals surface area contributed by atoms with Crippen LogP contribution in [0.3, 0.4) is 0 Å². The predicted molar refractivity (Wildman–Crippen MR) is 62.1 cm³/mol. The molecule has 0 aliphatic rings. The van der Waals surface area contributed by atoms with Crippen LogP contribution < -0.4 is 0 Å². The third kappa shape index (κ3) is 1.70. The number of nitriles is 1. The lowest BCUT2D eigenvalue weighted by Gasteiger charge is -2.01. The number of carbonyl (C=O) groups is 1. The number of carbonyl (C=O) groups excluding carboxylic acids is 1. The number of aromatic nitrogens is 1. The van der Waals surface area contributed by atoms with Gasteiger partial charge in [0.1, 0.15) is 0 Å². The fourth-order valence-electron chi connectivity index (χ4n) is 1.85. The first-order valence-electron chi connectivity index (χ1n) is 5.18. The molecule has 0 fully saturated rings. The molecule has 0 N–H and O–H groups in total. The molecule has 0 aliphatic carbocycles. The van der Waals surface area contributed by atoms with Crippen molar-refractivity contribution >= 4 is 16.7 Å². The van der Waals surface area contributed by atoms with Gasteiger partial charge in [-0.05, 0) is 12.1 Å². The molecule has 0 unspecified atom stereocenters. The van der Waals surface area contributed by atoms with E-state index in [1.165, 1.54) is 0 Å². The molecule has 3 heteroatoms. The summed E-state index contributed by atoms with van der Waals surface area (Å²) in [6.45, 7) is 0. The van der Waals surface area contributed by atoms with Crippen molar-refractivity contribution in [1.29, 1.82) is 5.26 Å². The number of ketones is 1. The Morgan fingerprint density at radius 3 is 2.88 bits per heavy atom. The molecule has 2 aromatic rings. The molecule has 0 radical (unpaired) electrons. The van der Waals surface area contributed by atoms with Crippen molar-refractivity contribution in [2.24, 2.45) is 7.05 Å². The zero-order valence-electron chi connectivity index (χ0n) is 9.10. The zero-order valence-corrected chi connectivity index (χ0v) is 9.10. The summed E-state index contributed by atoms with van der Waals surface area (Å²) in [6.07, 6.45) is 0.570. The summed E-state index contributed by atoms with van der Waals surface area (Å²) in [5, 5.41) is 9.52. The Morgan fingerprint density at radius 2 is 2.19 bits per heavy atom. The molecule has 0 saturated carbocycles. The zero-order chi connectivity index (χ0) is 11.5. The third-order valence-corrected chi connectivity index (χ3v) is 2.70. The summed E-state index contributed by atoms with van der Waals surface area (Å²) in [5.41, 5.74) is 1.72. The average Bonchev–Trinajstić information content (AvgIpc) is 2.64. The van der Waals surface area contributed by atoms with E-state index in [0.717, 1.165) is 10.9 Å². The van der Waals surface area contributed by atoms with E-state index in [-0.39, 0.29) is 12.2 Å². The highest BCUT2D eigenvalue weighted by Crippen LogP contribution is 2.19. The Bertz CT molecular complexity index is 575. The maximum Gasteiger partial charge on any atom is 0.180 e. The molecular weight excluding hydrogens is 200 g/mol. The van der Waals surface area contributed by atoms with Gasteiger partial charge < -0.3 is 4.57 Å². The number of para-hydroxylation sites is 1. The molecule has 0 aliphatic heterocycles. The Labute approximate surface area is 93.9 Å². The number of hydrogen-bond acceptors (Lipinski definition) is 2. The number of rotatable bonds is 3. The van der Waals surface area contributed by atoms with E-state index in [1.54, 1.807) is 0 Å². The molecular formula is C13H12N2O. The van der Waals surface area contributed by atoms with Gasteiger partial charge in [0.15, 0.2) is 5.78 Å². The highest BCUT2D eigenvalue weighted by molar-refractivity contribution is 6.00. The molecule has 3 nitrogen and oxygen atoms in total. The lowest BCUT2D eigenvalue weighted by molar-refractivity contribution is 0.0976. The summed E-state index contributed by atoms with van der Waals surface area (Å²) in [7, 11) is 1.88. The average molecular weight is 212 g/mol. The smallest absolute Gasteiger partial charge is 0.180 e. The van der Waals surface area contributed by atoms with Crippen LogP contribution in [0.15, 0.2) is 30.3 Å². The highest BCUT2D eigenvalue weighted by atomic mass is 16.1. The van der Waals surface area contributed by atoms with Gasteiger partial charge in [-0.1, -0.05) is 18.2 Å². The lowest BCUT2D eigenvalue weighted by atomic mass is 10.1. The third-order valence-electron chi connectivity index (χ3n) is 2.70. The number of nitrogens with zero attached hydrogens (tertiary/aromatic N) is 2. The van der Waals surface area contributed by atoms with Gasteiger partial charge in [0.25, 0.3) is 0 Å². The maximum atomic E-state index is 11.8. The monoisotopic (exact) mass is 212 g/mol. The second-order valence-electron chi connectivity index (χ2n) is 3.73. The van der Waals surface area contributed by atoms with Crippen LogP contribution >= 0.6 is 0 Å². The van der Waals surface area contributed by atoms with Crippen molar-refractivity contribution in [3.05, 3.63) is 36.0 Å². The van der Waals surface area contributed by atoms with Gasteiger partial charge in [-0.3, -0.25) is 4.79 Å². The summed E-state index contributed by atoms with van der Waals surface area (Å²) in [4.78, 5) is 11.8. The van der Waals surface area contributed by atoms with E-state index in [1.807, 2.05) is 48.0 Å². The Kier molecular flexibility index (Phi) is 2.74. The van der Waals surface area contributed by atoms with Gasteiger partial charge in [-0.2, -0.15) is 5.26 Å². The van der Waals surface area contributed by atoms with Crippen molar-refractivity contribution in [3.63, 3.8) is 0 Å². The van der Waals surface area contributed by atoms with Crippen LogP contribution in [0.25, 0.3) is 10.9 Å².